The monoisotopic (exact) mass is 207 g/mol. The van der Waals surface area contributed by atoms with Crippen molar-refractivity contribution in [2.75, 3.05) is 0 Å². The second kappa shape index (κ2) is 3.63. The van der Waals surface area contributed by atoms with Crippen molar-refractivity contribution in [1.82, 2.24) is 0 Å². The maximum atomic E-state index is 10.8. The maximum Gasteiger partial charge on any atom is 0.335 e. The van der Waals surface area contributed by atoms with E-state index < -0.39 is 11.9 Å². The fourth-order valence-corrected chi connectivity index (χ4v) is 1.60. The summed E-state index contributed by atoms with van der Waals surface area (Å²) < 4.78 is 0. The molecule has 0 saturated carbocycles. The number of hydrogen-bond donors (Lipinski definition) is 2. The summed E-state index contributed by atoms with van der Waals surface area (Å²) in [6, 6.07) is 2.78. The highest BCUT2D eigenvalue weighted by atomic mass is 28.1. The molecule has 0 aliphatic carbocycles. The summed E-state index contributed by atoms with van der Waals surface area (Å²) in [5.74, 6) is -2.27. The van der Waals surface area contributed by atoms with E-state index in [1.165, 1.54) is 19.1 Å². The molecule has 1 aromatic carbocycles. The van der Waals surface area contributed by atoms with Crippen LogP contribution in [0, 0.1) is 6.92 Å². The Bertz CT molecular complexity index is 412. The molecule has 0 spiro atoms. The number of carboxylic acid groups (broad SMARTS) is 2. The highest BCUT2D eigenvalue weighted by Crippen LogP contribution is 2.11. The molecule has 0 amide bonds. The first-order chi connectivity index (χ1) is 6.45. The third-order valence-corrected chi connectivity index (χ3v) is 2.33. The smallest absolute Gasteiger partial charge is 0.335 e. The molecule has 2 N–H and O–H groups in total. The van der Waals surface area contributed by atoms with E-state index in [1.54, 1.807) is 0 Å². The molecule has 0 heterocycles. The van der Waals surface area contributed by atoms with E-state index in [-0.39, 0.29) is 16.7 Å². The molecule has 4 nitrogen and oxygen atoms in total. The summed E-state index contributed by atoms with van der Waals surface area (Å²) in [5.41, 5.74) is 0.239. The van der Waals surface area contributed by atoms with Gasteiger partial charge in [0.15, 0.2) is 0 Å². The molecule has 1 aromatic rings. The van der Waals surface area contributed by atoms with Crippen molar-refractivity contribution < 1.29 is 19.8 Å². The molecule has 0 aromatic heterocycles. The first-order valence-corrected chi connectivity index (χ1v) is 4.27. The second-order valence-electron chi connectivity index (χ2n) is 2.77. The van der Waals surface area contributed by atoms with Crippen molar-refractivity contribution >= 4 is 27.4 Å². The van der Waals surface area contributed by atoms with Gasteiger partial charge in [0.2, 0.25) is 0 Å². The molecule has 1 rings (SSSR count). The lowest BCUT2D eigenvalue weighted by molar-refractivity contribution is 0.0696. The minimum atomic E-state index is -1.14. The van der Waals surface area contributed by atoms with Gasteiger partial charge < -0.3 is 10.2 Å². The molecule has 14 heavy (non-hydrogen) atoms. The molecule has 0 saturated heterocycles. The van der Waals surface area contributed by atoms with Gasteiger partial charge in [-0.15, -0.1) is 0 Å². The molecule has 0 fully saturated rings. The highest BCUT2D eigenvalue weighted by Gasteiger charge is 2.16. The SMILES string of the molecule is Cc1c(C(=O)O)ccc([Si])c1C(=O)O. The van der Waals surface area contributed by atoms with Crippen LogP contribution in [0.15, 0.2) is 12.1 Å². The van der Waals surface area contributed by atoms with Crippen LogP contribution < -0.4 is 5.19 Å². The van der Waals surface area contributed by atoms with Crippen molar-refractivity contribution in [3.05, 3.63) is 28.8 Å². The van der Waals surface area contributed by atoms with Crippen molar-refractivity contribution in [2.24, 2.45) is 0 Å². The summed E-state index contributed by atoms with van der Waals surface area (Å²) in [4.78, 5) is 21.5. The number of benzene rings is 1. The van der Waals surface area contributed by atoms with Gasteiger partial charge in [-0.2, -0.15) is 0 Å². The van der Waals surface area contributed by atoms with Gasteiger partial charge in [-0.05, 0) is 18.6 Å². The second-order valence-corrected chi connectivity index (χ2v) is 3.31. The lowest BCUT2D eigenvalue weighted by Gasteiger charge is -2.07. The maximum absolute atomic E-state index is 10.8. The molecule has 0 bridgehead atoms. The van der Waals surface area contributed by atoms with Crippen molar-refractivity contribution in [2.45, 2.75) is 6.92 Å². The van der Waals surface area contributed by atoms with E-state index in [0.29, 0.717) is 5.19 Å². The van der Waals surface area contributed by atoms with Crippen LogP contribution in [0.1, 0.15) is 26.3 Å². The molecule has 5 heteroatoms. The van der Waals surface area contributed by atoms with Crippen molar-refractivity contribution in [3.8, 4) is 0 Å². The Hall–Kier alpha value is -1.62. The number of hydrogen-bond acceptors (Lipinski definition) is 2. The zero-order valence-corrected chi connectivity index (χ0v) is 8.37. The van der Waals surface area contributed by atoms with Crippen LogP contribution in [0.2, 0.25) is 0 Å². The fraction of sp³-hybridized carbons (Fsp3) is 0.111. The van der Waals surface area contributed by atoms with Gasteiger partial charge in [-0.1, -0.05) is 11.3 Å². The summed E-state index contributed by atoms with van der Waals surface area (Å²) >= 11 is 0. The number of carbonyl (C=O) groups is 2. The number of carboxylic acids is 2. The summed E-state index contributed by atoms with van der Waals surface area (Å²) in [6.45, 7) is 1.47. The number of aromatic carboxylic acids is 2. The minimum absolute atomic E-state index is 0.00407. The Morgan fingerprint density at radius 1 is 1.21 bits per heavy atom. The molecule has 0 aliphatic rings. The zero-order chi connectivity index (χ0) is 10.9. The van der Waals surface area contributed by atoms with Crippen LogP contribution in [-0.2, 0) is 0 Å². The van der Waals surface area contributed by atoms with E-state index >= 15 is 0 Å². The summed E-state index contributed by atoms with van der Waals surface area (Å²) in [6.07, 6.45) is 0. The van der Waals surface area contributed by atoms with Crippen molar-refractivity contribution in [3.63, 3.8) is 0 Å². The lowest BCUT2D eigenvalue weighted by Crippen LogP contribution is -2.20. The van der Waals surface area contributed by atoms with Crippen LogP contribution >= 0.6 is 0 Å². The largest absolute Gasteiger partial charge is 0.478 e. The van der Waals surface area contributed by atoms with Gasteiger partial charge in [-0.25, -0.2) is 9.59 Å². The minimum Gasteiger partial charge on any atom is -0.478 e. The van der Waals surface area contributed by atoms with Gasteiger partial charge in [0.1, 0.15) is 0 Å². The third kappa shape index (κ3) is 1.67. The van der Waals surface area contributed by atoms with Gasteiger partial charge >= 0.3 is 11.9 Å². The Labute approximate surface area is 83.6 Å². The van der Waals surface area contributed by atoms with Gasteiger partial charge in [0.05, 0.1) is 21.4 Å². The predicted octanol–water partition coefficient (Wildman–Crippen LogP) is 0.185. The standard InChI is InChI=1S/C9H7O4Si/c1-4-5(8(10)11)2-3-6(14)7(4)9(12)13/h2-3H,1H3,(H,10,11)(H,12,13). The van der Waals surface area contributed by atoms with Crippen LogP contribution in [0.25, 0.3) is 0 Å². The van der Waals surface area contributed by atoms with Gasteiger partial charge in [0, 0.05) is 0 Å². The van der Waals surface area contributed by atoms with E-state index in [4.69, 9.17) is 10.2 Å². The first kappa shape index (κ1) is 10.5. The quantitative estimate of drug-likeness (QED) is 0.679. The van der Waals surface area contributed by atoms with E-state index in [1.807, 2.05) is 0 Å². The Kier molecular flexibility index (Phi) is 2.71. The molecular weight excluding hydrogens is 200 g/mol. The van der Waals surface area contributed by atoms with Crippen LogP contribution in [0.5, 0.6) is 0 Å². The summed E-state index contributed by atoms with van der Waals surface area (Å²) in [7, 11) is 3.11. The molecule has 0 aliphatic heterocycles. The van der Waals surface area contributed by atoms with Crippen LogP contribution in [-0.4, -0.2) is 32.4 Å². The lowest BCUT2D eigenvalue weighted by atomic mass is 10.0. The van der Waals surface area contributed by atoms with E-state index in [2.05, 4.69) is 10.2 Å². The molecule has 0 unspecified atom stereocenters. The van der Waals surface area contributed by atoms with Crippen LogP contribution in [0.4, 0.5) is 0 Å². The highest BCUT2D eigenvalue weighted by molar-refractivity contribution is 6.36. The average Bonchev–Trinajstić information content (AvgIpc) is 2.02. The van der Waals surface area contributed by atoms with Crippen molar-refractivity contribution in [1.29, 1.82) is 0 Å². The first-order valence-electron chi connectivity index (χ1n) is 3.77. The zero-order valence-electron chi connectivity index (χ0n) is 7.37. The fourth-order valence-electron chi connectivity index (χ4n) is 1.22. The van der Waals surface area contributed by atoms with Crippen LogP contribution in [0.3, 0.4) is 0 Å². The van der Waals surface area contributed by atoms with Gasteiger partial charge in [-0.3, -0.25) is 0 Å². The molecule has 3 radical (unpaired) electrons. The van der Waals surface area contributed by atoms with Gasteiger partial charge in [0.25, 0.3) is 0 Å². The molecule has 71 valence electrons. The Balaban J connectivity index is 3.49. The Morgan fingerprint density at radius 3 is 2.21 bits per heavy atom. The number of rotatable bonds is 2. The molecular formula is C9H7O4Si. The van der Waals surface area contributed by atoms with E-state index in [9.17, 15) is 9.59 Å². The summed E-state index contributed by atoms with van der Waals surface area (Å²) in [5, 5.41) is 18.0. The predicted molar refractivity (Wildman–Crippen MR) is 50.5 cm³/mol. The third-order valence-electron chi connectivity index (χ3n) is 1.91. The topological polar surface area (TPSA) is 74.6 Å². The Morgan fingerprint density at radius 2 is 1.79 bits per heavy atom. The normalized spacial score (nSPS) is 9.86. The van der Waals surface area contributed by atoms with E-state index in [0.717, 1.165) is 0 Å². The average molecular weight is 207 g/mol. The molecule has 0 atom stereocenters.